The van der Waals surface area contributed by atoms with E-state index in [9.17, 15) is 0 Å². The van der Waals surface area contributed by atoms with Gasteiger partial charge in [0.25, 0.3) is 0 Å². The molecule has 0 radical (unpaired) electrons. The highest BCUT2D eigenvalue weighted by atomic mass is 16.5. The van der Waals surface area contributed by atoms with Gasteiger partial charge in [-0.3, -0.25) is 4.90 Å². The molecule has 2 aliphatic heterocycles. The number of hydrogen-bond acceptors (Lipinski definition) is 3. The van der Waals surface area contributed by atoms with E-state index in [0.717, 1.165) is 37.8 Å². The predicted octanol–water partition coefficient (Wildman–Crippen LogP) is 1.24. The average Bonchev–Trinajstić information content (AvgIpc) is 2.86. The van der Waals surface area contributed by atoms with Crippen LogP contribution < -0.4 is 5.32 Å². The van der Waals surface area contributed by atoms with Crippen LogP contribution in [0.4, 0.5) is 0 Å². The summed E-state index contributed by atoms with van der Waals surface area (Å²) in [5.74, 6) is 0.900. The fourth-order valence-electron chi connectivity index (χ4n) is 3.17. The zero-order chi connectivity index (χ0) is 10.8. The summed E-state index contributed by atoms with van der Waals surface area (Å²) in [6.45, 7) is 5.59. The molecule has 3 heteroatoms. The lowest BCUT2D eigenvalue weighted by atomic mass is 10.1. The van der Waals surface area contributed by atoms with Gasteiger partial charge in [-0.25, -0.2) is 0 Å². The highest BCUT2D eigenvalue weighted by molar-refractivity contribution is 4.95. The maximum Gasteiger partial charge on any atom is 0.0591 e. The molecule has 16 heavy (non-hydrogen) atoms. The van der Waals surface area contributed by atoms with Crippen LogP contribution in [0, 0.1) is 5.92 Å². The Morgan fingerprint density at radius 1 is 1.12 bits per heavy atom. The third kappa shape index (κ3) is 2.58. The van der Waals surface area contributed by atoms with Crippen LogP contribution in [0.5, 0.6) is 0 Å². The summed E-state index contributed by atoms with van der Waals surface area (Å²) in [6, 6.07) is 1.58. The molecule has 0 bridgehead atoms. The maximum absolute atomic E-state index is 5.65. The van der Waals surface area contributed by atoms with Crippen molar-refractivity contribution in [1.29, 1.82) is 0 Å². The topological polar surface area (TPSA) is 24.5 Å². The molecule has 3 fully saturated rings. The second-order valence-electron chi connectivity index (χ2n) is 5.61. The van der Waals surface area contributed by atoms with Crippen LogP contribution in [0.25, 0.3) is 0 Å². The molecule has 3 rings (SSSR count). The quantitative estimate of drug-likeness (QED) is 0.687. The summed E-state index contributed by atoms with van der Waals surface area (Å²) >= 11 is 0. The summed E-state index contributed by atoms with van der Waals surface area (Å²) in [5.41, 5.74) is 0. The average molecular weight is 224 g/mol. The Kier molecular flexibility index (Phi) is 3.46. The van der Waals surface area contributed by atoms with Crippen molar-refractivity contribution in [3.63, 3.8) is 0 Å². The van der Waals surface area contributed by atoms with Gasteiger partial charge in [0, 0.05) is 31.8 Å². The minimum atomic E-state index is 0.743. The molecule has 92 valence electrons. The van der Waals surface area contributed by atoms with E-state index in [1.165, 1.54) is 45.2 Å². The zero-order valence-corrected chi connectivity index (χ0v) is 10.2. The Morgan fingerprint density at radius 2 is 2.06 bits per heavy atom. The molecule has 0 amide bonds. The minimum absolute atomic E-state index is 0.743. The molecule has 1 aliphatic carbocycles. The Bertz CT molecular complexity index is 230. The van der Waals surface area contributed by atoms with Gasteiger partial charge in [-0.15, -0.1) is 0 Å². The van der Waals surface area contributed by atoms with Gasteiger partial charge in [0.15, 0.2) is 0 Å². The highest BCUT2D eigenvalue weighted by Gasteiger charge is 2.36. The van der Waals surface area contributed by atoms with E-state index in [1.54, 1.807) is 0 Å². The molecule has 2 atom stereocenters. The minimum Gasteiger partial charge on any atom is -0.380 e. The van der Waals surface area contributed by atoms with Gasteiger partial charge in [0.1, 0.15) is 0 Å². The first kappa shape index (κ1) is 11.0. The summed E-state index contributed by atoms with van der Waals surface area (Å²) in [4.78, 5) is 2.66. The first-order valence-electron chi connectivity index (χ1n) is 6.98. The molecule has 0 aromatic rings. The van der Waals surface area contributed by atoms with Crippen molar-refractivity contribution in [3.05, 3.63) is 0 Å². The lowest BCUT2D eigenvalue weighted by Gasteiger charge is -2.21. The summed E-state index contributed by atoms with van der Waals surface area (Å²) in [6.07, 6.45) is 6.94. The molecule has 2 unspecified atom stereocenters. The van der Waals surface area contributed by atoms with Crippen LogP contribution in [0.3, 0.4) is 0 Å². The van der Waals surface area contributed by atoms with Crippen LogP contribution in [0.2, 0.25) is 0 Å². The van der Waals surface area contributed by atoms with Crippen LogP contribution >= 0.6 is 0 Å². The number of fused-ring (bicyclic) bond motifs is 1. The van der Waals surface area contributed by atoms with Gasteiger partial charge in [0.05, 0.1) is 6.61 Å². The molecular formula is C13H24N2O. The van der Waals surface area contributed by atoms with E-state index in [1.807, 2.05) is 0 Å². The van der Waals surface area contributed by atoms with Gasteiger partial charge in [-0.1, -0.05) is 0 Å². The van der Waals surface area contributed by atoms with Gasteiger partial charge < -0.3 is 10.1 Å². The van der Waals surface area contributed by atoms with Crippen LogP contribution in [-0.2, 0) is 4.74 Å². The van der Waals surface area contributed by atoms with Gasteiger partial charge in [-0.2, -0.15) is 0 Å². The number of nitrogens with zero attached hydrogens (tertiary/aromatic N) is 1. The van der Waals surface area contributed by atoms with E-state index in [4.69, 9.17) is 4.74 Å². The largest absolute Gasteiger partial charge is 0.380 e. The van der Waals surface area contributed by atoms with Crippen molar-refractivity contribution in [2.75, 3.05) is 32.8 Å². The number of hydrogen-bond donors (Lipinski definition) is 1. The van der Waals surface area contributed by atoms with Crippen LogP contribution in [0.15, 0.2) is 0 Å². The van der Waals surface area contributed by atoms with Crippen molar-refractivity contribution >= 4 is 0 Å². The summed E-state index contributed by atoms with van der Waals surface area (Å²) < 4.78 is 5.65. The molecule has 0 aromatic carbocycles. The van der Waals surface area contributed by atoms with E-state index in [2.05, 4.69) is 10.2 Å². The van der Waals surface area contributed by atoms with Gasteiger partial charge >= 0.3 is 0 Å². The second-order valence-corrected chi connectivity index (χ2v) is 5.61. The van der Waals surface area contributed by atoms with Crippen LogP contribution in [0.1, 0.15) is 32.1 Å². The summed E-state index contributed by atoms with van der Waals surface area (Å²) in [5, 5.41) is 3.68. The Hall–Kier alpha value is -0.120. The second kappa shape index (κ2) is 5.03. The monoisotopic (exact) mass is 224 g/mol. The zero-order valence-electron chi connectivity index (χ0n) is 10.2. The molecule has 1 saturated carbocycles. The Balaban J connectivity index is 1.29. The molecule has 0 aromatic heterocycles. The molecule has 3 nitrogen and oxygen atoms in total. The van der Waals surface area contributed by atoms with Crippen molar-refractivity contribution in [2.24, 2.45) is 5.92 Å². The predicted molar refractivity (Wildman–Crippen MR) is 64.5 cm³/mol. The van der Waals surface area contributed by atoms with E-state index < -0.39 is 0 Å². The van der Waals surface area contributed by atoms with Crippen molar-refractivity contribution in [3.8, 4) is 0 Å². The molecule has 2 saturated heterocycles. The molecule has 3 aliphatic rings. The third-order valence-electron chi connectivity index (χ3n) is 4.31. The van der Waals surface area contributed by atoms with Crippen molar-refractivity contribution < 1.29 is 4.74 Å². The molecule has 2 heterocycles. The number of rotatable bonds is 6. The van der Waals surface area contributed by atoms with Gasteiger partial charge in [-0.05, 0) is 44.6 Å². The lowest BCUT2D eigenvalue weighted by molar-refractivity contribution is 0.123. The third-order valence-corrected chi connectivity index (χ3v) is 4.31. The van der Waals surface area contributed by atoms with E-state index >= 15 is 0 Å². The highest BCUT2D eigenvalue weighted by Crippen LogP contribution is 2.29. The van der Waals surface area contributed by atoms with Gasteiger partial charge in [0.2, 0.25) is 0 Å². The Labute approximate surface area is 98.5 Å². The first-order valence-corrected chi connectivity index (χ1v) is 6.98. The van der Waals surface area contributed by atoms with Crippen LogP contribution in [-0.4, -0.2) is 49.8 Å². The molecule has 1 N–H and O–H groups in total. The maximum atomic E-state index is 5.65. The number of ether oxygens (including phenoxy) is 1. The Morgan fingerprint density at radius 3 is 2.94 bits per heavy atom. The van der Waals surface area contributed by atoms with E-state index in [0.29, 0.717) is 0 Å². The normalized spacial score (nSPS) is 34.5. The van der Waals surface area contributed by atoms with E-state index in [-0.39, 0.29) is 0 Å². The SMILES string of the molecule is C1CC2C(NCCOCC3CC3)CCN2C1. The first-order chi connectivity index (χ1) is 7.93. The summed E-state index contributed by atoms with van der Waals surface area (Å²) in [7, 11) is 0. The lowest BCUT2D eigenvalue weighted by Crippen LogP contribution is -2.40. The van der Waals surface area contributed by atoms with Crippen molar-refractivity contribution in [1.82, 2.24) is 10.2 Å². The number of nitrogens with one attached hydrogen (secondary N) is 1. The molecular weight excluding hydrogens is 200 g/mol. The standard InChI is InChI=1S/C13H24N2O/c1-2-13-12(5-8-15(13)7-1)14-6-9-16-10-11-3-4-11/h11-14H,1-10H2. The molecule has 0 spiro atoms. The van der Waals surface area contributed by atoms with Crippen molar-refractivity contribution in [2.45, 2.75) is 44.2 Å². The fourth-order valence-corrected chi connectivity index (χ4v) is 3.17. The fraction of sp³-hybridized carbons (Fsp3) is 1.00. The smallest absolute Gasteiger partial charge is 0.0591 e.